The van der Waals surface area contributed by atoms with E-state index >= 15 is 0 Å². The van der Waals surface area contributed by atoms with Gasteiger partial charge in [0.1, 0.15) is 5.69 Å². The average molecular weight is 441 g/mol. The number of nitrogens with one attached hydrogen (secondary N) is 2. The van der Waals surface area contributed by atoms with Gasteiger partial charge in [-0.15, -0.1) is 5.10 Å². The van der Waals surface area contributed by atoms with Crippen LogP contribution in [0.15, 0.2) is 24.7 Å². The predicted molar refractivity (Wildman–Crippen MR) is 119 cm³/mol. The first-order valence-corrected chi connectivity index (χ1v) is 10.2. The van der Waals surface area contributed by atoms with Crippen LogP contribution in [0, 0.1) is 0 Å². The first kappa shape index (κ1) is 21.6. The molecule has 0 spiro atoms. The standard InChI is InChI=1S/C20H27N9O3/c1-12(10-31-4)18(30)22-13-6-7-29(8-13)20-24-16(15-17(25-20)27(2)11-21-15)23-14-9-28(3)26-19(14)32-5/h9,11,13H,1,6-8,10H2,2-5H3,(H,22,30)(H,23,24,25). The summed E-state index contributed by atoms with van der Waals surface area (Å²) in [4.78, 5) is 28.2. The van der Waals surface area contributed by atoms with E-state index in [-0.39, 0.29) is 18.6 Å². The molecule has 1 aliphatic rings. The summed E-state index contributed by atoms with van der Waals surface area (Å²) in [6.07, 6.45) is 4.28. The molecule has 1 fully saturated rings. The molecule has 12 nitrogen and oxygen atoms in total. The van der Waals surface area contributed by atoms with Gasteiger partial charge in [-0.05, 0) is 6.42 Å². The summed E-state index contributed by atoms with van der Waals surface area (Å²) in [7, 11) is 6.80. The normalized spacial score (nSPS) is 15.9. The van der Waals surface area contributed by atoms with E-state index in [1.807, 2.05) is 29.8 Å². The molecule has 0 aliphatic carbocycles. The maximum Gasteiger partial charge on any atom is 0.256 e. The van der Waals surface area contributed by atoms with Gasteiger partial charge in [0.15, 0.2) is 17.0 Å². The first-order chi connectivity index (χ1) is 15.4. The van der Waals surface area contributed by atoms with Gasteiger partial charge in [0.2, 0.25) is 11.9 Å². The Morgan fingerprint density at radius 3 is 2.88 bits per heavy atom. The van der Waals surface area contributed by atoms with E-state index in [1.54, 1.807) is 18.1 Å². The van der Waals surface area contributed by atoms with Crippen LogP contribution < -0.4 is 20.3 Å². The van der Waals surface area contributed by atoms with Crippen molar-refractivity contribution in [1.29, 1.82) is 0 Å². The average Bonchev–Trinajstić information content (AvgIpc) is 3.47. The van der Waals surface area contributed by atoms with Crippen LogP contribution >= 0.6 is 0 Å². The Morgan fingerprint density at radius 2 is 2.12 bits per heavy atom. The molecule has 3 aromatic rings. The lowest BCUT2D eigenvalue weighted by atomic mass is 10.2. The molecule has 1 atom stereocenters. The number of hydrogen-bond acceptors (Lipinski definition) is 9. The minimum Gasteiger partial charge on any atom is -0.478 e. The van der Waals surface area contributed by atoms with Crippen molar-refractivity contribution in [2.75, 3.05) is 44.1 Å². The molecule has 12 heteroatoms. The highest BCUT2D eigenvalue weighted by atomic mass is 16.5. The number of hydrogen-bond donors (Lipinski definition) is 2. The maximum absolute atomic E-state index is 12.3. The molecule has 0 radical (unpaired) electrons. The zero-order valence-corrected chi connectivity index (χ0v) is 18.6. The van der Waals surface area contributed by atoms with Crippen molar-refractivity contribution >= 4 is 34.5 Å². The Morgan fingerprint density at radius 1 is 1.31 bits per heavy atom. The summed E-state index contributed by atoms with van der Waals surface area (Å²) >= 11 is 0. The summed E-state index contributed by atoms with van der Waals surface area (Å²) in [5, 5.41) is 10.6. The molecule has 0 bridgehead atoms. The fourth-order valence-corrected chi connectivity index (χ4v) is 3.64. The number of methoxy groups -OCH3 is 2. The zero-order valence-electron chi connectivity index (χ0n) is 18.6. The first-order valence-electron chi connectivity index (χ1n) is 10.2. The van der Waals surface area contributed by atoms with Crippen LogP contribution in [0.25, 0.3) is 11.2 Å². The third kappa shape index (κ3) is 4.21. The second kappa shape index (κ2) is 8.83. The molecular formula is C20H27N9O3. The molecule has 32 heavy (non-hydrogen) atoms. The van der Waals surface area contributed by atoms with Gasteiger partial charge in [0.25, 0.3) is 5.88 Å². The summed E-state index contributed by atoms with van der Waals surface area (Å²) in [5.41, 5.74) is 2.41. The number of nitrogens with zero attached hydrogens (tertiary/aromatic N) is 7. The molecule has 0 aromatic carbocycles. The molecular weight excluding hydrogens is 414 g/mol. The highest BCUT2D eigenvalue weighted by Crippen LogP contribution is 2.30. The van der Waals surface area contributed by atoms with Gasteiger partial charge in [-0.2, -0.15) is 9.97 Å². The molecule has 2 N–H and O–H groups in total. The van der Waals surface area contributed by atoms with E-state index in [0.29, 0.717) is 53.2 Å². The van der Waals surface area contributed by atoms with Gasteiger partial charge in [-0.3, -0.25) is 9.48 Å². The molecule has 170 valence electrons. The number of rotatable bonds is 8. The van der Waals surface area contributed by atoms with Crippen molar-refractivity contribution in [3.63, 3.8) is 0 Å². The molecule has 1 unspecified atom stereocenters. The zero-order chi connectivity index (χ0) is 22.8. The van der Waals surface area contributed by atoms with E-state index in [9.17, 15) is 4.79 Å². The van der Waals surface area contributed by atoms with Gasteiger partial charge >= 0.3 is 0 Å². The quantitative estimate of drug-likeness (QED) is 0.487. The van der Waals surface area contributed by atoms with E-state index in [4.69, 9.17) is 19.4 Å². The van der Waals surface area contributed by atoms with Gasteiger partial charge in [0.05, 0.1) is 26.2 Å². The fourth-order valence-electron chi connectivity index (χ4n) is 3.64. The second-order valence-electron chi connectivity index (χ2n) is 7.69. The maximum atomic E-state index is 12.3. The SMILES string of the molecule is C=C(COC)C(=O)NC1CCN(c2nc(Nc3cn(C)nc3OC)c3ncn(C)c3n2)C1. The number of aromatic nitrogens is 6. The van der Waals surface area contributed by atoms with Gasteiger partial charge in [-0.1, -0.05) is 6.58 Å². The van der Waals surface area contributed by atoms with Crippen LogP contribution in [0.4, 0.5) is 17.5 Å². The number of carbonyl (C=O) groups excluding carboxylic acids is 1. The molecule has 4 rings (SSSR count). The van der Waals surface area contributed by atoms with Gasteiger partial charge < -0.3 is 29.6 Å². The van der Waals surface area contributed by atoms with Crippen molar-refractivity contribution in [1.82, 2.24) is 34.6 Å². The molecule has 3 aromatic heterocycles. The van der Waals surface area contributed by atoms with E-state index < -0.39 is 0 Å². The summed E-state index contributed by atoms with van der Waals surface area (Å²) in [6, 6.07) is -0.0308. The third-order valence-corrected chi connectivity index (χ3v) is 5.24. The number of ether oxygens (including phenoxy) is 2. The van der Waals surface area contributed by atoms with Crippen molar-refractivity contribution in [2.24, 2.45) is 14.1 Å². The van der Waals surface area contributed by atoms with Crippen LogP contribution in [-0.4, -0.2) is 75.2 Å². The number of anilines is 3. The van der Waals surface area contributed by atoms with E-state index in [1.165, 1.54) is 7.11 Å². The van der Waals surface area contributed by atoms with Crippen LogP contribution in [0.5, 0.6) is 5.88 Å². The van der Waals surface area contributed by atoms with Crippen molar-refractivity contribution in [2.45, 2.75) is 12.5 Å². The van der Waals surface area contributed by atoms with Gasteiger partial charge in [-0.25, -0.2) is 4.98 Å². The number of fused-ring (bicyclic) bond motifs is 1. The van der Waals surface area contributed by atoms with E-state index in [2.05, 4.69) is 27.3 Å². The lowest BCUT2D eigenvalue weighted by Gasteiger charge is -2.18. The minimum atomic E-state index is -0.201. The Kier molecular flexibility index (Phi) is 5.95. The van der Waals surface area contributed by atoms with Crippen LogP contribution in [-0.2, 0) is 23.6 Å². The highest BCUT2D eigenvalue weighted by Gasteiger charge is 2.28. The monoisotopic (exact) mass is 441 g/mol. The van der Waals surface area contributed by atoms with Crippen LogP contribution in [0.3, 0.4) is 0 Å². The van der Waals surface area contributed by atoms with E-state index in [0.717, 1.165) is 6.42 Å². The lowest BCUT2D eigenvalue weighted by Crippen LogP contribution is -2.38. The summed E-state index contributed by atoms with van der Waals surface area (Å²) in [5.74, 6) is 1.36. The van der Waals surface area contributed by atoms with Crippen LogP contribution in [0.1, 0.15) is 6.42 Å². The van der Waals surface area contributed by atoms with Gasteiger partial charge in [0, 0.05) is 45.9 Å². The predicted octanol–water partition coefficient (Wildman–Crippen LogP) is 0.747. The molecule has 1 aliphatic heterocycles. The minimum absolute atomic E-state index is 0.0308. The van der Waals surface area contributed by atoms with Crippen molar-refractivity contribution in [3.05, 3.63) is 24.7 Å². The largest absolute Gasteiger partial charge is 0.478 e. The Hall–Kier alpha value is -3.67. The Balaban J connectivity index is 1.58. The number of carbonyl (C=O) groups is 1. The summed E-state index contributed by atoms with van der Waals surface area (Å²) in [6.45, 7) is 5.26. The summed E-state index contributed by atoms with van der Waals surface area (Å²) < 4.78 is 13.8. The molecule has 1 amide bonds. The number of amides is 1. The molecule has 1 saturated heterocycles. The Labute approximate surface area is 185 Å². The Bertz CT molecular complexity index is 1150. The fraction of sp³-hybridized carbons (Fsp3) is 0.450. The second-order valence-corrected chi connectivity index (χ2v) is 7.69. The topological polar surface area (TPSA) is 124 Å². The number of imidazole rings is 1. The van der Waals surface area contributed by atoms with Crippen molar-refractivity contribution < 1.29 is 14.3 Å². The smallest absolute Gasteiger partial charge is 0.256 e. The van der Waals surface area contributed by atoms with Crippen molar-refractivity contribution in [3.8, 4) is 5.88 Å². The molecule has 0 saturated carbocycles. The highest BCUT2D eigenvalue weighted by molar-refractivity contribution is 5.93. The lowest BCUT2D eigenvalue weighted by molar-refractivity contribution is -0.118. The third-order valence-electron chi connectivity index (χ3n) is 5.24. The van der Waals surface area contributed by atoms with Crippen LogP contribution in [0.2, 0.25) is 0 Å². The molecule has 4 heterocycles. The number of aryl methyl sites for hydroxylation is 2.